The summed E-state index contributed by atoms with van der Waals surface area (Å²) in [4.78, 5) is 12.7. The van der Waals surface area contributed by atoms with E-state index in [1.165, 1.54) is 0 Å². The molecule has 1 rings (SSSR count). The molecule has 45 heavy (non-hydrogen) atoms. The molecule has 1 heterocycles. The summed E-state index contributed by atoms with van der Waals surface area (Å²) in [5, 5.41) is 53.3. The van der Waals surface area contributed by atoms with Gasteiger partial charge in [-0.3, -0.25) is 4.79 Å². The summed E-state index contributed by atoms with van der Waals surface area (Å²) in [5.41, 5.74) is 0. The summed E-state index contributed by atoms with van der Waals surface area (Å²) >= 11 is 0. The van der Waals surface area contributed by atoms with Crippen molar-refractivity contribution in [1.29, 1.82) is 0 Å². The van der Waals surface area contributed by atoms with Crippen LogP contribution in [0.25, 0.3) is 0 Å². The van der Waals surface area contributed by atoms with Crippen LogP contribution in [0.3, 0.4) is 0 Å². The predicted molar refractivity (Wildman–Crippen MR) is 179 cm³/mol. The topological polar surface area (TPSA) is 149 Å². The Hall–Kier alpha value is -2.11. The van der Waals surface area contributed by atoms with Crippen molar-refractivity contribution in [1.82, 2.24) is 5.32 Å². The van der Waals surface area contributed by atoms with E-state index in [1.54, 1.807) is 0 Å². The largest absolute Gasteiger partial charge is 0.394 e. The fourth-order valence-electron chi connectivity index (χ4n) is 4.83. The number of ether oxygens (including phenoxy) is 2. The van der Waals surface area contributed by atoms with Crippen LogP contribution in [0.2, 0.25) is 0 Å². The molecule has 0 aliphatic carbocycles. The van der Waals surface area contributed by atoms with E-state index in [1.807, 2.05) is 0 Å². The van der Waals surface area contributed by atoms with Crippen LogP contribution < -0.4 is 5.32 Å². The summed E-state index contributed by atoms with van der Waals surface area (Å²) in [6.07, 6.45) is 26.0. The Morgan fingerprint density at radius 1 is 0.778 bits per heavy atom. The van der Waals surface area contributed by atoms with Gasteiger partial charge in [0.05, 0.1) is 25.4 Å². The van der Waals surface area contributed by atoms with Gasteiger partial charge in [0, 0.05) is 6.42 Å². The van der Waals surface area contributed by atoms with Gasteiger partial charge in [0.2, 0.25) is 5.91 Å². The van der Waals surface area contributed by atoms with Gasteiger partial charge in [-0.15, -0.1) is 0 Å². The molecule has 0 spiro atoms. The fraction of sp³-hybridized carbons (Fsp3) is 0.694. The number of unbranched alkanes of at least 4 members (excludes halogenated alkanes) is 5. The molecule has 9 nitrogen and oxygen atoms in total. The first-order valence-corrected chi connectivity index (χ1v) is 17.0. The zero-order valence-electron chi connectivity index (χ0n) is 27.6. The van der Waals surface area contributed by atoms with E-state index in [0.717, 1.165) is 77.0 Å². The standard InChI is InChI=1S/C36H61NO8/c1-3-5-7-8-9-10-11-12-13-14-15-16-17-18-19-20-21-22-24-26-32(40)37-29(30(39)25-23-6-4-2)28-44-36-35(43)34(42)33(41)31(27-38)45-36/h5,7,9-10,12-13,15-16,18-19,29-31,33-36,38-39,41-43H,3-4,6,8,11,14,17,20-28H2,1-2H3,(H,37,40)/b7-5-,10-9-,13-12-,16-15-,19-18-. The first-order chi connectivity index (χ1) is 21.8. The number of carbonyl (C=O) groups is 1. The molecule has 0 bridgehead atoms. The lowest BCUT2D eigenvalue weighted by Gasteiger charge is -2.40. The first-order valence-electron chi connectivity index (χ1n) is 17.0. The molecule has 6 N–H and O–H groups in total. The number of carbonyl (C=O) groups excluding carboxylic acids is 1. The number of allylic oxidation sites excluding steroid dienone is 10. The highest BCUT2D eigenvalue weighted by molar-refractivity contribution is 5.76. The van der Waals surface area contributed by atoms with E-state index in [9.17, 15) is 30.3 Å². The minimum atomic E-state index is -1.56. The molecule has 1 amide bonds. The summed E-state index contributed by atoms with van der Waals surface area (Å²) < 4.78 is 11.0. The summed E-state index contributed by atoms with van der Waals surface area (Å²) in [7, 11) is 0. The molecule has 9 heteroatoms. The van der Waals surface area contributed by atoms with Crippen LogP contribution in [0.15, 0.2) is 60.8 Å². The normalized spacial score (nSPS) is 24.1. The lowest BCUT2D eigenvalue weighted by molar-refractivity contribution is -0.302. The number of hydrogen-bond donors (Lipinski definition) is 6. The summed E-state index contributed by atoms with van der Waals surface area (Å²) in [6.45, 7) is 3.48. The van der Waals surface area contributed by atoms with Crippen LogP contribution >= 0.6 is 0 Å². The van der Waals surface area contributed by atoms with Gasteiger partial charge in [0.15, 0.2) is 6.29 Å². The highest BCUT2D eigenvalue weighted by Gasteiger charge is 2.44. The van der Waals surface area contributed by atoms with Crippen molar-refractivity contribution in [2.75, 3.05) is 13.2 Å². The maximum Gasteiger partial charge on any atom is 0.220 e. The van der Waals surface area contributed by atoms with E-state index in [4.69, 9.17) is 9.47 Å². The summed E-state index contributed by atoms with van der Waals surface area (Å²) in [6, 6.07) is -0.733. The van der Waals surface area contributed by atoms with Gasteiger partial charge in [-0.2, -0.15) is 0 Å². The van der Waals surface area contributed by atoms with Crippen LogP contribution in [-0.2, 0) is 14.3 Å². The van der Waals surface area contributed by atoms with Crippen LogP contribution in [-0.4, -0.2) is 87.5 Å². The highest BCUT2D eigenvalue weighted by atomic mass is 16.7. The van der Waals surface area contributed by atoms with Crippen molar-refractivity contribution in [3.05, 3.63) is 60.8 Å². The van der Waals surface area contributed by atoms with E-state index in [2.05, 4.69) is 79.9 Å². The van der Waals surface area contributed by atoms with Crippen molar-refractivity contribution >= 4 is 5.91 Å². The third kappa shape index (κ3) is 19.2. The molecular formula is C36H61NO8. The van der Waals surface area contributed by atoms with Crippen molar-refractivity contribution < 1.29 is 39.8 Å². The van der Waals surface area contributed by atoms with Crippen molar-refractivity contribution in [3.8, 4) is 0 Å². The molecule has 1 saturated heterocycles. The lowest BCUT2D eigenvalue weighted by atomic mass is 9.99. The second-order valence-electron chi connectivity index (χ2n) is 11.6. The molecule has 258 valence electrons. The zero-order chi connectivity index (χ0) is 33.1. The number of rotatable bonds is 25. The van der Waals surface area contributed by atoms with E-state index in [0.29, 0.717) is 12.8 Å². The van der Waals surface area contributed by atoms with Gasteiger partial charge in [0.1, 0.15) is 24.4 Å². The third-order valence-electron chi connectivity index (χ3n) is 7.64. The number of aliphatic hydroxyl groups is 5. The lowest BCUT2D eigenvalue weighted by Crippen LogP contribution is -2.60. The van der Waals surface area contributed by atoms with Gasteiger partial charge in [-0.05, 0) is 57.8 Å². The molecule has 1 aliphatic heterocycles. The number of nitrogens with one attached hydrogen (secondary N) is 1. The van der Waals surface area contributed by atoms with Crippen LogP contribution in [0, 0.1) is 0 Å². The van der Waals surface area contributed by atoms with Gasteiger partial charge in [-0.25, -0.2) is 0 Å². The SMILES string of the molecule is CC/C=C\C/C=C\C/C=C\C/C=C\C/C=C\CCCCCC(=O)NC(COC1OC(CO)C(O)C(O)C1O)C(O)CCCCC. The number of hydrogen-bond acceptors (Lipinski definition) is 8. The number of amides is 1. The minimum absolute atomic E-state index is 0.161. The molecule has 0 aromatic carbocycles. The predicted octanol–water partition coefficient (Wildman–Crippen LogP) is 4.93. The van der Waals surface area contributed by atoms with Gasteiger partial charge >= 0.3 is 0 Å². The minimum Gasteiger partial charge on any atom is -0.394 e. The van der Waals surface area contributed by atoms with Gasteiger partial charge in [-0.1, -0.05) is 100 Å². The Morgan fingerprint density at radius 3 is 1.96 bits per heavy atom. The second-order valence-corrected chi connectivity index (χ2v) is 11.6. The Morgan fingerprint density at radius 2 is 1.38 bits per heavy atom. The van der Waals surface area contributed by atoms with Crippen LogP contribution in [0.1, 0.15) is 104 Å². The molecule has 1 aliphatic rings. The average Bonchev–Trinajstić information content (AvgIpc) is 3.03. The number of aliphatic hydroxyl groups excluding tert-OH is 5. The molecule has 0 saturated carbocycles. The monoisotopic (exact) mass is 635 g/mol. The smallest absolute Gasteiger partial charge is 0.220 e. The third-order valence-corrected chi connectivity index (χ3v) is 7.64. The second kappa shape index (κ2) is 27.0. The van der Waals surface area contributed by atoms with Crippen molar-refractivity contribution in [2.24, 2.45) is 0 Å². The van der Waals surface area contributed by atoms with Crippen LogP contribution in [0.5, 0.6) is 0 Å². The van der Waals surface area contributed by atoms with Crippen molar-refractivity contribution in [3.63, 3.8) is 0 Å². The van der Waals surface area contributed by atoms with E-state index >= 15 is 0 Å². The zero-order valence-corrected chi connectivity index (χ0v) is 27.6. The van der Waals surface area contributed by atoms with E-state index in [-0.39, 0.29) is 12.5 Å². The maximum atomic E-state index is 12.7. The molecule has 1 fully saturated rings. The van der Waals surface area contributed by atoms with Crippen LogP contribution in [0.4, 0.5) is 0 Å². The molecule has 0 aromatic heterocycles. The highest BCUT2D eigenvalue weighted by Crippen LogP contribution is 2.22. The van der Waals surface area contributed by atoms with Gasteiger partial charge in [0.25, 0.3) is 0 Å². The Balaban J connectivity index is 2.32. The molecular weight excluding hydrogens is 574 g/mol. The van der Waals surface area contributed by atoms with E-state index < -0.39 is 49.5 Å². The van der Waals surface area contributed by atoms with Gasteiger partial charge < -0.3 is 40.3 Å². The summed E-state index contributed by atoms with van der Waals surface area (Å²) in [5.74, 6) is -0.193. The molecule has 0 radical (unpaired) electrons. The Kier molecular flexibility index (Phi) is 24.6. The Labute approximate surface area is 271 Å². The quantitative estimate of drug-likeness (QED) is 0.0611. The molecule has 7 unspecified atom stereocenters. The molecule has 7 atom stereocenters. The Bertz CT molecular complexity index is 884. The fourth-order valence-corrected chi connectivity index (χ4v) is 4.83. The average molecular weight is 636 g/mol. The van der Waals surface area contributed by atoms with Crippen molar-refractivity contribution in [2.45, 2.75) is 147 Å². The molecule has 0 aromatic rings. The maximum absolute atomic E-state index is 12.7. The first kappa shape index (κ1) is 40.9.